The summed E-state index contributed by atoms with van der Waals surface area (Å²) in [7, 11) is -2.96. The number of alkyl halides is 3. The number of hydrogen-bond acceptors (Lipinski definition) is 8. The lowest BCUT2D eigenvalue weighted by molar-refractivity contribution is -0.155. The number of allylic oxidation sites excluding steroid dienone is 1. The minimum absolute atomic E-state index is 0.000851. The van der Waals surface area contributed by atoms with Crippen LogP contribution in [0.2, 0.25) is 0 Å². The fourth-order valence-electron chi connectivity index (χ4n) is 3.86. The van der Waals surface area contributed by atoms with Gasteiger partial charge < -0.3 is 14.4 Å². The van der Waals surface area contributed by atoms with E-state index >= 15 is 0 Å². The summed E-state index contributed by atoms with van der Waals surface area (Å²) in [5.41, 5.74) is -0.783. The molecule has 0 saturated heterocycles. The molecule has 4 rings (SSSR count). The highest BCUT2D eigenvalue weighted by molar-refractivity contribution is 8.18. The van der Waals surface area contributed by atoms with Gasteiger partial charge in [0, 0.05) is 16.9 Å². The molecule has 188 valence electrons. The number of thioether (sulfide) groups is 1. The maximum absolute atomic E-state index is 13.0. The number of nitrogens with zero attached hydrogens (tertiary/aromatic N) is 1. The predicted molar refractivity (Wildman–Crippen MR) is 117 cm³/mol. The molecule has 1 aromatic carbocycles. The molecule has 0 amide bonds. The van der Waals surface area contributed by atoms with Crippen LogP contribution in [-0.4, -0.2) is 47.9 Å². The van der Waals surface area contributed by atoms with Crippen molar-refractivity contribution < 1.29 is 45.5 Å². The quantitative estimate of drug-likeness (QED) is 0.492. The molecule has 9 nitrogen and oxygen atoms in total. The molecular weight excluding hydrogens is 513 g/mol. The SMILES string of the molecule is COC(=O)Cc1cccc(C2CC2(NS(=O)(=O)C2CC=C(c3cc(C(F)(F)F)on3)S2)C(=O)O)c1. The number of carboxylic acids is 1. The summed E-state index contributed by atoms with van der Waals surface area (Å²) in [6.07, 6.45) is -3.39. The zero-order chi connectivity index (χ0) is 25.6. The van der Waals surface area contributed by atoms with E-state index in [0.29, 0.717) is 17.2 Å². The number of hydrogen-bond donors (Lipinski definition) is 2. The Morgan fingerprint density at radius 1 is 1.34 bits per heavy atom. The number of benzene rings is 1. The zero-order valence-electron chi connectivity index (χ0n) is 18.0. The van der Waals surface area contributed by atoms with Crippen LogP contribution in [-0.2, 0) is 36.9 Å². The van der Waals surface area contributed by atoms with Gasteiger partial charge in [-0.15, -0.1) is 11.8 Å². The number of nitrogens with one attached hydrogen (secondary N) is 1. The summed E-state index contributed by atoms with van der Waals surface area (Å²) < 4.78 is 74.4. The lowest BCUT2D eigenvalue weighted by Crippen LogP contribution is -2.47. The van der Waals surface area contributed by atoms with E-state index in [2.05, 4.69) is 19.1 Å². The number of methoxy groups -OCH3 is 1. The molecule has 2 aromatic rings. The van der Waals surface area contributed by atoms with E-state index in [1.807, 2.05) is 0 Å². The number of carbonyl (C=O) groups is 2. The first kappa shape index (κ1) is 25.3. The standard InChI is InChI=1S/C21H19F3N2O7S2/c1-32-17(27)8-11-3-2-4-12(7-11)13-10-20(13,19(28)29)26-35(30,31)18-6-5-15(34-18)14-9-16(33-25-14)21(22,23)24/h2-5,7,9,13,18,26H,6,8,10H2,1H3,(H,28,29). The van der Waals surface area contributed by atoms with Gasteiger partial charge in [0.05, 0.1) is 13.5 Å². The van der Waals surface area contributed by atoms with Gasteiger partial charge in [-0.2, -0.15) is 17.9 Å². The fraction of sp³-hybridized carbons (Fsp3) is 0.381. The van der Waals surface area contributed by atoms with Gasteiger partial charge in [0.2, 0.25) is 15.8 Å². The summed E-state index contributed by atoms with van der Waals surface area (Å²) >= 11 is 0.760. The molecule has 0 spiro atoms. The maximum atomic E-state index is 13.0. The van der Waals surface area contributed by atoms with Crippen molar-refractivity contribution in [3.8, 4) is 0 Å². The first-order valence-electron chi connectivity index (χ1n) is 10.2. The minimum Gasteiger partial charge on any atom is -0.480 e. The Bertz CT molecular complexity index is 1310. The molecule has 3 atom stereocenters. The molecule has 1 aromatic heterocycles. The first-order valence-corrected chi connectivity index (χ1v) is 12.6. The first-order chi connectivity index (χ1) is 16.4. The Hall–Kier alpha value is -2.84. The summed E-state index contributed by atoms with van der Waals surface area (Å²) in [5.74, 6) is -3.80. The van der Waals surface area contributed by atoms with Gasteiger partial charge in [-0.05, 0) is 24.0 Å². The third-order valence-corrected chi connectivity index (χ3v) is 9.41. The van der Waals surface area contributed by atoms with Crippen LogP contribution in [0.4, 0.5) is 13.2 Å². The Balaban J connectivity index is 1.48. The lowest BCUT2D eigenvalue weighted by Gasteiger charge is -2.19. The molecule has 14 heteroatoms. The second-order valence-corrected chi connectivity index (χ2v) is 11.5. The number of carbonyl (C=O) groups excluding carboxylic acids is 1. The van der Waals surface area contributed by atoms with E-state index in [1.165, 1.54) is 13.2 Å². The number of aromatic nitrogens is 1. The molecule has 2 aliphatic rings. The summed E-state index contributed by atoms with van der Waals surface area (Å²) in [4.78, 5) is 23.8. The van der Waals surface area contributed by atoms with Crippen molar-refractivity contribution in [3.63, 3.8) is 0 Å². The Morgan fingerprint density at radius 3 is 2.71 bits per heavy atom. The number of rotatable bonds is 8. The normalized spacial score (nSPS) is 24.2. The summed E-state index contributed by atoms with van der Waals surface area (Å²) in [6, 6.07) is 7.28. The van der Waals surface area contributed by atoms with Crippen molar-refractivity contribution >= 4 is 38.6 Å². The van der Waals surface area contributed by atoms with Crippen LogP contribution in [0.3, 0.4) is 0 Å². The average Bonchev–Trinajstić information content (AvgIpc) is 3.14. The van der Waals surface area contributed by atoms with Crippen molar-refractivity contribution in [1.29, 1.82) is 0 Å². The summed E-state index contributed by atoms with van der Waals surface area (Å²) in [6.45, 7) is 0. The van der Waals surface area contributed by atoms with E-state index in [9.17, 15) is 36.3 Å². The van der Waals surface area contributed by atoms with Gasteiger partial charge >= 0.3 is 18.1 Å². The minimum atomic E-state index is -4.73. The highest BCUT2D eigenvalue weighted by atomic mass is 32.3. The molecule has 1 aliphatic heterocycles. The number of ether oxygens (including phenoxy) is 1. The second-order valence-electron chi connectivity index (χ2n) is 8.10. The number of carboxylic acid groups (broad SMARTS) is 1. The Morgan fingerprint density at radius 2 is 2.09 bits per heavy atom. The smallest absolute Gasteiger partial charge is 0.452 e. The molecule has 3 unspecified atom stereocenters. The van der Waals surface area contributed by atoms with Crippen LogP contribution in [0.25, 0.3) is 4.91 Å². The number of sulfonamides is 1. The van der Waals surface area contributed by atoms with E-state index in [4.69, 9.17) is 0 Å². The molecule has 0 radical (unpaired) electrons. The van der Waals surface area contributed by atoms with Gasteiger partial charge in [-0.25, -0.2) is 8.42 Å². The fourth-order valence-corrected chi connectivity index (χ4v) is 7.01. The highest BCUT2D eigenvalue weighted by Crippen LogP contribution is 2.53. The average molecular weight is 533 g/mol. The van der Waals surface area contributed by atoms with Crippen molar-refractivity contribution in [3.05, 3.63) is 59.0 Å². The van der Waals surface area contributed by atoms with Crippen molar-refractivity contribution in [1.82, 2.24) is 9.88 Å². The molecule has 35 heavy (non-hydrogen) atoms. The van der Waals surface area contributed by atoms with Crippen molar-refractivity contribution in [2.45, 2.75) is 41.5 Å². The second kappa shape index (κ2) is 8.99. The Labute approximate surface area is 201 Å². The molecule has 2 N–H and O–H groups in total. The van der Waals surface area contributed by atoms with Gasteiger partial charge in [-0.3, -0.25) is 9.59 Å². The van der Waals surface area contributed by atoms with Gasteiger partial charge in [0.25, 0.3) is 0 Å². The summed E-state index contributed by atoms with van der Waals surface area (Å²) in [5, 5.41) is 13.2. The third kappa shape index (κ3) is 5.09. The van der Waals surface area contributed by atoms with Gasteiger partial charge in [0.15, 0.2) is 0 Å². The largest absolute Gasteiger partial charge is 0.480 e. The topological polar surface area (TPSA) is 136 Å². The van der Waals surface area contributed by atoms with Crippen molar-refractivity contribution in [2.24, 2.45) is 0 Å². The van der Waals surface area contributed by atoms with Crippen LogP contribution < -0.4 is 4.72 Å². The zero-order valence-corrected chi connectivity index (χ0v) is 19.7. The predicted octanol–water partition coefficient (Wildman–Crippen LogP) is 3.14. The molecule has 1 fully saturated rings. The number of aliphatic carboxylic acids is 1. The van der Waals surface area contributed by atoms with E-state index in [-0.39, 0.29) is 29.9 Å². The van der Waals surface area contributed by atoms with Crippen LogP contribution in [0.1, 0.15) is 41.3 Å². The molecule has 1 saturated carbocycles. The highest BCUT2D eigenvalue weighted by Gasteiger charge is 2.64. The van der Waals surface area contributed by atoms with Crippen molar-refractivity contribution in [2.75, 3.05) is 7.11 Å². The number of halogens is 3. The van der Waals surface area contributed by atoms with Crippen LogP contribution >= 0.6 is 11.8 Å². The van der Waals surface area contributed by atoms with E-state index in [0.717, 1.165) is 11.8 Å². The lowest BCUT2D eigenvalue weighted by atomic mass is 10.0. The van der Waals surface area contributed by atoms with E-state index < -0.39 is 49.9 Å². The maximum Gasteiger partial charge on any atom is 0.452 e. The Kier molecular flexibility index (Phi) is 6.49. The van der Waals surface area contributed by atoms with E-state index in [1.54, 1.807) is 24.3 Å². The molecule has 0 bridgehead atoms. The monoisotopic (exact) mass is 532 g/mol. The molecular formula is C21H19F3N2O7S2. The molecule has 1 aliphatic carbocycles. The van der Waals surface area contributed by atoms with Crippen LogP contribution in [0, 0.1) is 0 Å². The van der Waals surface area contributed by atoms with Gasteiger partial charge in [-0.1, -0.05) is 35.5 Å². The van der Waals surface area contributed by atoms with Gasteiger partial charge in [0.1, 0.15) is 15.8 Å². The molecule has 2 heterocycles. The third-order valence-electron chi connectivity index (χ3n) is 5.74. The van der Waals surface area contributed by atoms with Crippen LogP contribution in [0.15, 0.2) is 40.9 Å². The number of esters is 1. The van der Waals surface area contributed by atoms with Crippen LogP contribution in [0.5, 0.6) is 0 Å².